The molecule has 184 valence electrons. The molecular formula is C22H26F2N4O4S2. The predicted molar refractivity (Wildman–Crippen MR) is 125 cm³/mol. The van der Waals surface area contributed by atoms with E-state index in [0.29, 0.717) is 17.1 Å². The summed E-state index contributed by atoms with van der Waals surface area (Å²) in [5.74, 6) is -0.844. The molecule has 2 aromatic heterocycles. The number of thiophene rings is 1. The van der Waals surface area contributed by atoms with E-state index in [0.717, 1.165) is 23.5 Å². The van der Waals surface area contributed by atoms with E-state index in [4.69, 9.17) is 5.11 Å². The lowest BCUT2D eigenvalue weighted by atomic mass is 10.0. The first-order valence-corrected chi connectivity index (χ1v) is 12.8. The van der Waals surface area contributed by atoms with Gasteiger partial charge in [0.15, 0.2) is 0 Å². The Hall–Kier alpha value is -2.83. The van der Waals surface area contributed by atoms with Crippen molar-refractivity contribution in [3.8, 4) is 11.1 Å². The number of nitrogens with one attached hydrogen (secondary N) is 2. The minimum Gasteiger partial charge on any atom is -0.395 e. The number of imidazole rings is 1. The lowest BCUT2D eigenvalue weighted by Gasteiger charge is -2.12. The van der Waals surface area contributed by atoms with Crippen LogP contribution >= 0.6 is 11.3 Å². The molecule has 8 nitrogen and oxygen atoms in total. The van der Waals surface area contributed by atoms with Crippen molar-refractivity contribution in [1.82, 2.24) is 19.6 Å². The number of aliphatic hydroxyl groups excluding tert-OH is 1. The Morgan fingerprint density at radius 2 is 1.91 bits per heavy atom. The first-order valence-electron chi connectivity index (χ1n) is 10.5. The molecule has 0 atom stereocenters. The van der Waals surface area contributed by atoms with Gasteiger partial charge in [0, 0.05) is 34.9 Å². The standard InChI is InChI=1S/C22H26F2N4O4S2/c1-13(2)8-16-11-17(21(33-16)34(31,32)27-22(30)26-5-7-29)15-9-19(23)18(20(24)10-15)12-28-6-4-25-14(28)3/h4,6,9-11,13,29H,5,7-8,12H2,1-3H3,(H2,26,27,30). The van der Waals surface area contributed by atoms with Crippen LogP contribution in [-0.2, 0) is 23.0 Å². The Morgan fingerprint density at radius 1 is 1.24 bits per heavy atom. The number of hydrogen-bond acceptors (Lipinski definition) is 6. The molecule has 34 heavy (non-hydrogen) atoms. The fraction of sp³-hybridized carbons (Fsp3) is 0.364. The SMILES string of the molecule is Cc1nccn1Cc1c(F)cc(-c2cc(CC(C)C)sc2S(=O)(=O)NC(=O)NCCO)cc1F. The van der Waals surface area contributed by atoms with E-state index in [1.165, 1.54) is 6.20 Å². The molecule has 1 aromatic carbocycles. The highest BCUT2D eigenvalue weighted by molar-refractivity contribution is 7.92. The topological polar surface area (TPSA) is 113 Å². The van der Waals surface area contributed by atoms with Crippen LogP contribution in [0.2, 0.25) is 0 Å². The van der Waals surface area contributed by atoms with E-state index in [-0.39, 0.29) is 46.5 Å². The van der Waals surface area contributed by atoms with Gasteiger partial charge in [-0.3, -0.25) is 0 Å². The van der Waals surface area contributed by atoms with Gasteiger partial charge in [-0.15, -0.1) is 11.3 Å². The zero-order valence-corrected chi connectivity index (χ0v) is 20.6. The molecule has 0 aliphatic heterocycles. The fourth-order valence-electron chi connectivity index (χ4n) is 3.35. The summed E-state index contributed by atoms with van der Waals surface area (Å²) in [6.45, 7) is 5.07. The normalized spacial score (nSPS) is 11.7. The number of benzene rings is 1. The number of urea groups is 1. The van der Waals surface area contributed by atoms with Crippen LogP contribution in [0, 0.1) is 24.5 Å². The first kappa shape index (κ1) is 25.8. The average molecular weight is 513 g/mol. The molecule has 3 aromatic rings. The molecular weight excluding hydrogens is 486 g/mol. The molecule has 3 rings (SSSR count). The summed E-state index contributed by atoms with van der Waals surface area (Å²) in [6, 6.07) is 2.76. The minimum absolute atomic E-state index is 0.0449. The van der Waals surface area contributed by atoms with Crippen LogP contribution in [0.1, 0.15) is 30.1 Å². The van der Waals surface area contributed by atoms with E-state index in [2.05, 4.69) is 10.3 Å². The number of aryl methyl sites for hydroxylation is 1. The second-order valence-corrected chi connectivity index (χ2v) is 11.1. The molecule has 0 fully saturated rings. The van der Waals surface area contributed by atoms with Gasteiger partial charge in [0.1, 0.15) is 21.7 Å². The van der Waals surface area contributed by atoms with Gasteiger partial charge >= 0.3 is 6.03 Å². The number of amides is 2. The third-order valence-electron chi connectivity index (χ3n) is 4.93. The van der Waals surface area contributed by atoms with Crippen LogP contribution in [0.5, 0.6) is 0 Å². The smallest absolute Gasteiger partial charge is 0.328 e. The van der Waals surface area contributed by atoms with E-state index >= 15 is 0 Å². The maximum atomic E-state index is 15.0. The third-order valence-corrected chi connectivity index (χ3v) is 7.95. The van der Waals surface area contributed by atoms with Gasteiger partial charge in [0.2, 0.25) is 0 Å². The number of carbonyl (C=O) groups is 1. The summed E-state index contributed by atoms with van der Waals surface area (Å²) in [7, 11) is -4.35. The van der Waals surface area contributed by atoms with Gasteiger partial charge in [-0.25, -0.2) is 31.7 Å². The lowest BCUT2D eigenvalue weighted by Crippen LogP contribution is -2.40. The maximum absolute atomic E-state index is 15.0. The zero-order valence-electron chi connectivity index (χ0n) is 18.9. The van der Waals surface area contributed by atoms with Crippen molar-refractivity contribution >= 4 is 27.4 Å². The number of carbonyl (C=O) groups excluding carboxylic acids is 1. The maximum Gasteiger partial charge on any atom is 0.328 e. The molecule has 0 aliphatic rings. The third kappa shape index (κ3) is 5.99. The van der Waals surface area contributed by atoms with E-state index in [9.17, 15) is 22.0 Å². The predicted octanol–water partition coefficient (Wildman–Crippen LogP) is 3.43. The minimum atomic E-state index is -4.35. The molecule has 0 aliphatic carbocycles. The van der Waals surface area contributed by atoms with Crippen LogP contribution in [-0.4, -0.2) is 42.3 Å². The molecule has 0 unspecified atom stereocenters. The van der Waals surface area contributed by atoms with E-state index in [1.807, 2.05) is 18.6 Å². The average Bonchev–Trinajstić information content (AvgIpc) is 3.34. The molecule has 2 heterocycles. The van der Waals surface area contributed by atoms with Gasteiger partial charge in [-0.2, -0.15) is 0 Å². The number of hydrogen-bond donors (Lipinski definition) is 3. The van der Waals surface area contributed by atoms with Crippen LogP contribution in [0.4, 0.5) is 13.6 Å². The number of halogens is 2. The van der Waals surface area contributed by atoms with Crippen molar-refractivity contribution in [3.63, 3.8) is 0 Å². The zero-order chi connectivity index (χ0) is 25.0. The van der Waals surface area contributed by atoms with Gasteiger partial charge in [-0.05, 0) is 43.0 Å². The monoisotopic (exact) mass is 512 g/mol. The number of rotatable bonds is 9. The lowest BCUT2D eigenvalue weighted by molar-refractivity contribution is 0.239. The van der Waals surface area contributed by atoms with Gasteiger partial charge in [-0.1, -0.05) is 13.8 Å². The number of nitrogens with zero attached hydrogens (tertiary/aromatic N) is 2. The van der Waals surface area contributed by atoms with Crippen molar-refractivity contribution in [1.29, 1.82) is 0 Å². The van der Waals surface area contributed by atoms with E-state index < -0.39 is 27.7 Å². The highest BCUT2D eigenvalue weighted by atomic mass is 32.2. The summed E-state index contributed by atoms with van der Waals surface area (Å²) >= 11 is 0.940. The van der Waals surface area contributed by atoms with Crippen molar-refractivity contribution in [2.24, 2.45) is 5.92 Å². The van der Waals surface area contributed by atoms with Crippen molar-refractivity contribution in [2.75, 3.05) is 13.2 Å². The summed E-state index contributed by atoms with van der Waals surface area (Å²) in [6.07, 6.45) is 3.69. The second kappa shape index (κ2) is 10.6. The molecule has 0 bridgehead atoms. The quantitative estimate of drug-likeness (QED) is 0.407. The van der Waals surface area contributed by atoms with Crippen molar-refractivity contribution in [2.45, 2.75) is 37.9 Å². The van der Waals surface area contributed by atoms with E-state index in [1.54, 1.807) is 23.8 Å². The van der Waals surface area contributed by atoms with Gasteiger partial charge in [0.25, 0.3) is 10.0 Å². The first-order chi connectivity index (χ1) is 16.0. The van der Waals surface area contributed by atoms with Crippen LogP contribution < -0.4 is 10.0 Å². The van der Waals surface area contributed by atoms with Crippen LogP contribution in [0.15, 0.2) is 34.8 Å². The van der Waals surface area contributed by atoms with Crippen LogP contribution in [0.25, 0.3) is 11.1 Å². The highest BCUT2D eigenvalue weighted by Gasteiger charge is 2.27. The summed E-state index contributed by atoms with van der Waals surface area (Å²) in [4.78, 5) is 16.7. The van der Waals surface area contributed by atoms with Crippen LogP contribution in [0.3, 0.4) is 0 Å². The Kier molecular flexibility index (Phi) is 8.05. The Balaban J connectivity index is 2.03. The second-order valence-electron chi connectivity index (χ2n) is 8.12. The molecule has 12 heteroatoms. The van der Waals surface area contributed by atoms with Gasteiger partial charge < -0.3 is 15.0 Å². The molecule has 0 saturated heterocycles. The molecule has 0 saturated carbocycles. The molecule has 0 radical (unpaired) electrons. The molecule has 0 spiro atoms. The Labute approximate surface area is 200 Å². The molecule has 2 amide bonds. The van der Waals surface area contributed by atoms with Crippen molar-refractivity contribution < 1.29 is 27.1 Å². The summed E-state index contributed by atoms with van der Waals surface area (Å²) < 4.78 is 59.2. The number of aliphatic hydroxyl groups is 1. The number of aromatic nitrogens is 2. The summed E-state index contributed by atoms with van der Waals surface area (Å²) in [5, 5.41) is 11.0. The van der Waals surface area contributed by atoms with Crippen molar-refractivity contribution in [3.05, 3.63) is 58.5 Å². The highest BCUT2D eigenvalue weighted by Crippen LogP contribution is 2.37. The summed E-state index contributed by atoms with van der Waals surface area (Å²) in [5.41, 5.74) is -0.0248. The fourth-order valence-corrected chi connectivity index (χ4v) is 6.23. The largest absolute Gasteiger partial charge is 0.395 e. The number of sulfonamides is 1. The Bertz CT molecular complexity index is 1260. The van der Waals surface area contributed by atoms with Gasteiger partial charge in [0.05, 0.1) is 13.2 Å². The Morgan fingerprint density at radius 3 is 2.47 bits per heavy atom. The molecule has 3 N–H and O–H groups in total.